The smallest absolute Gasteiger partial charge is 0.159 e. The average Bonchev–Trinajstić information content (AvgIpc) is 2.89. The molecule has 1 N–H and O–H groups in total. The molecule has 3 aromatic carbocycles. The highest BCUT2D eigenvalue weighted by Crippen LogP contribution is 2.43. The molecule has 0 spiro atoms. The molecule has 182 valence electrons. The van der Waals surface area contributed by atoms with E-state index >= 15 is 4.39 Å². The number of ether oxygens (including phenoxy) is 2. The molecular weight excluding hydrogens is 441 g/mol. The molecule has 1 heterocycles. The van der Waals surface area contributed by atoms with Crippen molar-refractivity contribution < 1.29 is 19.0 Å². The van der Waals surface area contributed by atoms with E-state index in [2.05, 4.69) is 17.0 Å². The molecule has 5 heteroatoms. The molecule has 0 saturated carbocycles. The molecule has 1 aliphatic carbocycles. The van der Waals surface area contributed by atoms with Crippen LogP contribution in [0.1, 0.15) is 41.5 Å². The van der Waals surface area contributed by atoms with Gasteiger partial charge < -0.3 is 19.5 Å². The van der Waals surface area contributed by atoms with Crippen molar-refractivity contribution in [3.63, 3.8) is 0 Å². The van der Waals surface area contributed by atoms with Gasteiger partial charge in [-0.05, 0) is 83.9 Å². The van der Waals surface area contributed by atoms with Crippen molar-refractivity contribution in [2.75, 3.05) is 32.2 Å². The van der Waals surface area contributed by atoms with E-state index in [1.54, 1.807) is 32.4 Å². The number of hydrogen-bond acceptors (Lipinski definition) is 4. The van der Waals surface area contributed by atoms with Gasteiger partial charge >= 0.3 is 0 Å². The number of piperidine rings is 1. The summed E-state index contributed by atoms with van der Waals surface area (Å²) in [6, 6.07) is 21.3. The minimum atomic E-state index is -0.222. The summed E-state index contributed by atoms with van der Waals surface area (Å²) >= 11 is 0. The van der Waals surface area contributed by atoms with Gasteiger partial charge in [-0.25, -0.2) is 4.39 Å². The third-order valence-electron chi connectivity index (χ3n) is 7.40. The zero-order valence-corrected chi connectivity index (χ0v) is 20.3. The predicted octanol–water partition coefficient (Wildman–Crippen LogP) is 6.27. The highest BCUT2D eigenvalue weighted by atomic mass is 19.1. The number of aromatic hydroxyl groups is 1. The number of phenolic OH excluding ortho intramolecular Hbond substituents is 1. The Labute approximate surface area is 206 Å². The van der Waals surface area contributed by atoms with Crippen LogP contribution in [0.25, 0.3) is 11.1 Å². The first kappa shape index (κ1) is 23.6. The van der Waals surface area contributed by atoms with E-state index in [0.717, 1.165) is 72.3 Å². The number of benzene rings is 3. The van der Waals surface area contributed by atoms with E-state index < -0.39 is 0 Å². The monoisotopic (exact) mass is 473 g/mol. The summed E-state index contributed by atoms with van der Waals surface area (Å²) in [6.45, 7) is 1.68. The number of hydrogen-bond donors (Lipinski definition) is 1. The maximum atomic E-state index is 15.8. The molecule has 0 atom stereocenters. The van der Waals surface area contributed by atoms with Gasteiger partial charge in [-0.1, -0.05) is 36.4 Å². The first-order valence-corrected chi connectivity index (χ1v) is 12.3. The molecule has 0 radical (unpaired) electrons. The summed E-state index contributed by atoms with van der Waals surface area (Å²) in [6.07, 6.45) is 3.30. The molecule has 2 aliphatic rings. The fraction of sp³-hybridized carbons (Fsp3) is 0.333. The Morgan fingerprint density at radius 1 is 0.886 bits per heavy atom. The van der Waals surface area contributed by atoms with Gasteiger partial charge in [-0.2, -0.15) is 0 Å². The summed E-state index contributed by atoms with van der Waals surface area (Å²) in [7, 11) is 3.36. The van der Waals surface area contributed by atoms with Gasteiger partial charge in [0, 0.05) is 44.5 Å². The van der Waals surface area contributed by atoms with Crippen molar-refractivity contribution >= 4 is 16.8 Å². The third kappa shape index (κ3) is 4.71. The molecule has 0 aromatic heterocycles. The SMILES string of the molecule is COC(OC)C1CCN(c2ccc(C3=C(c4ccccc4)CCc4cc(O)ccc43)c(F)c2)CC1. The van der Waals surface area contributed by atoms with Crippen molar-refractivity contribution in [3.8, 4) is 5.75 Å². The van der Waals surface area contributed by atoms with Crippen LogP contribution in [0.3, 0.4) is 0 Å². The van der Waals surface area contributed by atoms with Gasteiger partial charge in [-0.3, -0.25) is 0 Å². The summed E-state index contributed by atoms with van der Waals surface area (Å²) in [5.41, 5.74) is 6.72. The Morgan fingerprint density at radius 3 is 2.29 bits per heavy atom. The van der Waals surface area contributed by atoms with E-state index in [4.69, 9.17) is 9.47 Å². The second-order valence-electron chi connectivity index (χ2n) is 9.39. The Hall–Kier alpha value is -3.15. The van der Waals surface area contributed by atoms with Crippen LogP contribution in [-0.2, 0) is 15.9 Å². The predicted molar refractivity (Wildman–Crippen MR) is 138 cm³/mol. The fourth-order valence-electron chi connectivity index (χ4n) is 5.63. The summed E-state index contributed by atoms with van der Waals surface area (Å²) in [5, 5.41) is 10.0. The van der Waals surface area contributed by atoms with Gasteiger partial charge in [0.15, 0.2) is 6.29 Å². The first-order chi connectivity index (χ1) is 17.1. The molecule has 35 heavy (non-hydrogen) atoms. The van der Waals surface area contributed by atoms with Crippen LogP contribution in [-0.4, -0.2) is 38.7 Å². The Bertz CT molecular complexity index is 1210. The molecule has 0 amide bonds. The fourth-order valence-corrected chi connectivity index (χ4v) is 5.63. The second kappa shape index (κ2) is 10.2. The largest absolute Gasteiger partial charge is 0.508 e. The Balaban J connectivity index is 1.49. The van der Waals surface area contributed by atoms with Crippen molar-refractivity contribution in [2.24, 2.45) is 5.92 Å². The lowest BCUT2D eigenvalue weighted by Crippen LogP contribution is -2.39. The van der Waals surface area contributed by atoms with E-state index in [-0.39, 0.29) is 17.9 Å². The zero-order valence-electron chi connectivity index (χ0n) is 20.3. The number of nitrogens with zero attached hydrogens (tertiary/aromatic N) is 1. The van der Waals surface area contributed by atoms with Gasteiger partial charge in [-0.15, -0.1) is 0 Å². The Kier molecular flexibility index (Phi) is 6.89. The number of methoxy groups -OCH3 is 2. The lowest BCUT2D eigenvalue weighted by Gasteiger charge is -2.36. The van der Waals surface area contributed by atoms with Crippen LogP contribution >= 0.6 is 0 Å². The average molecular weight is 474 g/mol. The van der Waals surface area contributed by atoms with Crippen LogP contribution in [0.5, 0.6) is 5.75 Å². The van der Waals surface area contributed by atoms with Gasteiger partial charge in [0.25, 0.3) is 0 Å². The first-order valence-electron chi connectivity index (χ1n) is 12.3. The van der Waals surface area contributed by atoms with Crippen LogP contribution in [0.2, 0.25) is 0 Å². The van der Waals surface area contributed by atoms with Crippen molar-refractivity contribution in [2.45, 2.75) is 32.0 Å². The highest BCUT2D eigenvalue weighted by Gasteiger charge is 2.28. The van der Waals surface area contributed by atoms with Crippen LogP contribution in [0.4, 0.5) is 10.1 Å². The minimum Gasteiger partial charge on any atom is -0.508 e. The molecule has 1 fully saturated rings. The lowest BCUT2D eigenvalue weighted by molar-refractivity contribution is -0.141. The summed E-state index contributed by atoms with van der Waals surface area (Å²) in [5.74, 6) is 0.370. The number of anilines is 1. The number of halogens is 1. The second-order valence-corrected chi connectivity index (χ2v) is 9.39. The maximum absolute atomic E-state index is 15.8. The quantitative estimate of drug-likeness (QED) is 0.429. The van der Waals surface area contributed by atoms with Gasteiger partial charge in [0.05, 0.1) is 0 Å². The maximum Gasteiger partial charge on any atom is 0.159 e. The van der Waals surface area contributed by atoms with E-state index in [0.29, 0.717) is 11.5 Å². The number of phenols is 1. The molecule has 5 rings (SSSR count). The lowest BCUT2D eigenvalue weighted by atomic mass is 9.79. The van der Waals surface area contributed by atoms with Gasteiger partial charge in [0.2, 0.25) is 0 Å². The van der Waals surface area contributed by atoms with Crippen LogP contribution in [0.15, 0.2) is 66.7 Å². The van der Waals surface area contributed by atoms with Crippen molar-refractivity contribution in [3.05, 3.63) is 94.8 Å². The Morgan fingerprint density at radius 2 is 1.60 bits per heavy atom. The normalized spacial score (nSPS) is 16.6. The molecular formula is C30H32FNO3. The van der Waals surface area contributed by atoms with Crippen molar-refractivity contribution in [1.82, 2.24) is 0 Å². The standard InChI is InChI=1S/C30H32FNO3/c1-34-30(35-2)21-14-16-32(17-15-21)23-9-12-27(28(31)19-23)29-25(20-6-4-3-5-7-20)11-8-22-18-24(33)10-13-26(22)29/h3-7,9-10,12-13,18-19,21,30,33H,8,11,14-17H2,1-2H3. The van der Waals surface area contributed by atoms with E-state index in [9.17, 15) is 5.11 Å². The zero-order chi connectivity index (χ0) is 24.4. The highest BCUT2D eigenvalue weighted by molar-refractivity contribution is 6.01. The number of aryl methyl sites for hydroxylation is 1. The molecule has 1 aliphatic heterocycles. The molecule has 0 unspecified atom stereocenters. The third-order valence-corrected chi connectivity index (χ3v) is 7.40. The number of rotatable bonds is 6. The van der Waals surface area contributed by atoms with Gasteiger partial charge in [0.1, 0.15) is 11.6 Å². The molecule has 0 bridgehead atoms. The summed E-state index contributed by atoms with van der Waals surface area (Å²) in [4.78, 5) is 2.24. The summed E-state index contributed by atoms with van der Waals surface area (Å²) < 4.78 is 26.7. The van der Waals surface area contributed by atoms with Crippen molar-refractivity contribution in [1.29, 1.82) is 0 Å². The topological polar surface area (TPSA) is 41.9 Å². The van der Waals surface area contributed by atoms with E-state index in [1.165, 1.54) is 0 Å². The molecule has 1 saturated heterocycles. The molecule has 3 aromatic rings. The number of fused-ring (bicyclic) bond motifs is 1. The van der Waals surface area contributed by atoms with E-state index in [1.807, 2.05) is 36.4 Å². The molecule has 4 nitrogen and oxygen atoms in total. The van der Waals surface area contributed by atoms with Crippen LogP contribution < -0.4 is 4.90 Å². The van der Waals surface area contributed by atoms with Crippen LogP contribution in [0, 0.1) is 11.7 Å². The number of allylic oxidation sites excluding steroid dienone is 1. The minimum absolute atomic E-state index is 0.189.